The first-order valence-corrected chi connectivity index (χ1v) is 8.15. The van der Waals surface area contributed by atoms with E-state index in [1.165, 1.54) is 0 Å². The number of hydrogen-bond donors (Lipinski definition) is 1. The molecule has 0 aliphatic heterocycles. The summed E-state index contributed by atoms with van der Waals surface area (Å²) in [5.41, 5.74) is 0.408. The van der Waals surface area contributed by atoms with Crippen LogP contribution in [0.1, 0.15) is 40.2 Å². The Morgan fingerprint density at radius 2 is 1.75 bits per heavy atom. The average molecular weight is 337 g/mol. The highest BCUT2D eigenvalue weighted by atomic mass is 16.7. The summed E-state index contributed by atoms with van der Waals surface area (Å²) >= 11 is 0. The molecule has 6 heteroatoms. The van der Waals surface area contributed by atoms with Crippen LogP contribution >= 0.6 is 0 Å². The summed E-state index contributed by atoms with van der Waals surface area (Å²) in [5, 5.41) is 3.14. The minimum absolute atomic E-state index is 0.261. The van der Waals surface area contributed by atoms with Crippen molar-refractivity contribution in [3.05, 3.63) is 29.8 Å². The van der Waals surface area contributed by atoms with E-state index in [1.54, 1.807) is 19.1 Å². The fourth-order valence-electron chi connectivity index (χ4n) is 2.03. The highest BCUT2D eigenvalue weighted by Crippen LogP contribution is 2.16. The van der Waals surface area contributed by atoms with Crippen LogP contribution in [0, 0.1) is 0 Å². The van der Waals surface area contributed by atoms with Crippen molar-refractivity contribution in [3.63, 3.8) is 0 Å². The van der Waals surface area contributed by atoms with Gasteiger partial charge in [0.15, 0.2) is 0 Å². The molecule has 0 spiro atoms. The number of carbonyl (C=O) groups excluding carboxylic acids is 2. The zero-order chi connectivity index (χ0) is 18.2. The van der Waals surface area contributed by atoms with Gasteiger partial charge in [0.2, 0.25) is 0 Å². The molecule has 134 valence electrons. The Balaban J connectivity index is 2.70. The summed E-state index contributed by atoms with van der Waals surface area (Å²) in [7, 11) is 0. The van der Waals surface area contributed by atoms with E-state index in [9.17, 15) is 9.59 Å². The van der Waals surface area contributed by atoms with Crippen LogP contribution in [0.4, 0.5) is 4.79 Å². The number of esters is 1. The van der Waals surface area contributed by atoms with Crippen LogP contribution in [0.2, 0.25) is 0 Å². The standard InChI is InChI=1S/C18H27NO5/c1-6-19-15(16(20)24-18(3,4)5)12-13-8-10-14(11-9-13)23-17(21)22-7-2/h8-11,15,19H,6-7,12H2,1-5H3. The van der Waals surface area contributed by atoms with E-state index in [1.807, 2.05) is 39.8 Å². The molecule has 1 aromatic rings. The molecule has 0 saturated heterocycles. The molecule has 0 saturated carbocycles. The van der Waals surface area contributed by atoms with Crippen molar-refractivity contribution in [2.75, 3.05) is 13.2 Å². The molecule has 1 unspecified atom stereocenters. The van der Waals surface area contributed by atoms with Gasteiger partial charge in [-0.25, -0.2) is 4.79 Å². The summed E-state index contributed by atoms with van der Waals surface area (Å²) in [6.45, 7) is 10.1. The quantitative estimate of drug-likeness (QED) is 0.609. The molecule has 1 aromatic carbocycles. The molecule has 0 aliphatic rings. The van der Waals surface area contributed by atoms with Gasteiger partial charge >= 0.3 is 12.1 Å². The summed E-state index contributed by atoms with van der Waals surface area (Å²) in [5.74, 6) is 0.116. The number of carbonyl (C=O) groups is 2. The van der Waals surface area contributed by atoms with Gasteiger partial charge in [-0.05, 0) is 58.4 Å². The lowest BCUT2D eigenvalue weighted by molar-refractivity contribution is -0.157. The lowest BCUT2D eigenvalue weighted by atomic mass is 10.1. The fourth-order valence-corrected chi connectivity index (χ4v) is 2.03. The molecule has 0 heterocycles. The van der Waals surface area contributed by atoms with Crippen molar-refractivity contribution >= 4 is 12.1 Å². The third-order valence-corrected chi connectivity index (χ3v) is 2.97. The van der Waals surface area contributed by atoms with Gasteiger partial charge in [0, 0.05) is 0 Å². The SMILES string of the molecule is CCNC(Cc1ccc(OC(=O)OCC)cc1)C(=O)OC(C)(C)C. The van der Waals surface area contributed by atoms with E-state index in [-0.39, 0.29) is 12.6 Å². The van der Waals surface area contributed by atoms with Crippen molar-refractivity contribution in [1.82, 2.24) is 5.32 Å². The Hall–Kier alpha value is -2.08. The van der Waals surface area contributed by atoms with Gasteiger partial charge in [0.25, 0.3) is 0 Å². The van der Waals surface area contributed by atoms with E-state index in [4.69, 9.17) is 14.2 Å². The van der Waals surface area contributed by atoms with Crippen LogP contribution in [-0.2, 0) is 20.7 Å². The van der Waals surface area contributed by atoms with Crippen LogP contribution < -0.4 is 10.1 Å². The van der Waals surface area contributed by atoms with E-state index < -0.39 is 17.8 Å². The highest BCUT2D eigenvalue weighted by Gasteiger charge is 2.24. The van der Waals surface area contributed by atoms with Crippen molar-refractivity contribution < 1.29 is 23.8 Å². The first-order chi connectivity index (χ1) is 11.2. The second-order valence-corrected chi connectivity index (χ2v) is 6.28. The Kier molecular flexibility index (Phi) is 7.71. The summed E-state index contributed by atoms with van der Waals surface area (Å²) in [4.78, 5) is 23.5. The maximum Gasteiger partial charge on any atom is 0.513 e. The third kappa shape index (κ3) is 7.46. The molecular formula is C18H27NO5. The molecule has 0 aromatic heterocycles. The molecule has 6 nitrogen and oxygen atoms in total. The Bertz CT molecular complexity index is 533. The van der Waals surface area contributed by atoms with Gasteiger partial charge in [0.05, 0.1) is 6.61 Å². The average Bonchev–Trinajstić information content (AvgIpc) is 2.47. The third-order valence-electron chi connectivity index (χ3n) is 2.97. The second-order valence-electron chi connectivity index (χ2n) is 6.28. The van der Waals surface area contributed by atoms with Crippen LogP contribution in [0.5, 0.6) is 5.75 Å². The molecular weight excluding hydrogens is 310 g/mol. The molecule has 0 amide bonds. The smallest absolute Gasteiger partial charge is 0.459 e. The largest absolute Gasteiger partial charge is 0.513 e. The minimum Gasteiger partial charge on any atom is -0.459 e. The lowest BCUT2D eigenvalue weighted by Crippen LogP contribution is -2.42. The fraction of sp³-hybridized carbons (Fsp3) is 0.556. The lowest BCUT2D eigenvalue weighted by Gasteiger charge is -2.24. The molecule has 0 fully saturated rings. The number of benzene rings is 1. The van der Waals surface area contributed by atoms with E-state index in [0.29, 0.717) is 18.7 Å². The van der Waals surface area contributed by atoms with Crippen molar-refractivity contribution in [2.24, 2.45) is 0 Å². The zero-order valence-corrected chi connectivity index (χ0v) is 15.0. The number of ether oxygens (including phenoxy) is 3. The summed E-state index contributed by atoms with van der Waals surface area (Å²) < 4.78 is 15.2. The summed E-state index contributed by atoms with van der Waals surface area (Å²) in [6, 6.07) is 6.53. The predicted molar refractivity (Wildman–Crippen MR) is 91.1 cm³/mol. The van der Waals surface area contributed by atoms with Crippen molar-refractivity contribution in [2.45, 2.75) is 52.7 Å². The van der Waals surface area contributed by atoms with Gasteiger partial charge < -0.3 is 19.5 Å². The van der Waals surface area contributed by atoms with Gasteiger partial charge in [-0.15, -0.1) is 0 Å². The van der Waals surface area contributed by atoms with Crippen LogP contribution in [0.25, 0.3) is 0 Å². The molecule has 0 bridgehead atoms. The topological polar surface area (TPSA) is 73.9 Å². The number of nitrogens with one attached hydrogen (secondary N) is 1. The van der Waals surface area contributed by atoms with Gasteiger partial charge in [-0.1, -0.05) is 19.1 Å². The maximum absolute atomic E-state index is 12.3. The van der Waals surface area contributed by atoms with Gasteiger partial charge in [-0.2, -0.15) is 0 Å². The zero-order valence-electron chi connectivity index (χ0n) is 15.0. The monoisotopic (exact) mass is 337 g/mol. The molecule has 0 radical (unpaired) electrons. The summed E-state index contributed by atoms with van der Waals surface area (Å²) in [6.07, 6.45) is -0.243. The van der Waals surface area contributed by atoms with Crippen molar-refractivity contribution in [1.29, 1.82) is 0 Å². The number of likely N-dealkylation sites (N-methyl/N-ethyl adjacent to an activating group) is 1. The maximum atomic E-state index is 12.3. The van der Waals surface area contributed by atoms with Crippen molar-refractivity contribution in [3.8, 4) is 5.75 Å². The van der Waals surface area contributed by atoms with Crippen LogP contribution in [0.15, 0.2) is 24.3 Å². The van der Waals surface area contributed by atoms with E-state index in [0.717, 1.165) is 5.56 Å². The Morgan fingerprint density at radius 1 is 1.12 bits per heavy atom. The molecule has 24 heavy (non-hydrogen) atoms. The minimum atomic E-state index is -0.732. The van der Waals surface area contributed by atoms with Gasteiger partial charge in [0.1, 0.15) is 17.4 Å². The Morgan fingerprint density at radius 3 is 2.25 bits per heavy atom. The number of hydrogen-bond acceptors (Lipinski definition) is 6. The Labute approximate surface area is 143 Å². The highest BCUT2D eigenvalue weighted by molar-refractivity contribution is 5.76. The molecule has 1 N–H and O–H groups in total. The molecule has 0 aliphatic carbocycles. The molecule has 1 atom stereocenters. The predicted octanol–water partition coefficient (Wildman–Crippen LogP) is 3.08. The van der Waals surface area contributed by atoms with E-state index >= 15 is 0 Å². The van der Waals surface area contributed by atoms with Gasteiger partial charge in [-0.3, -0.25) is 4.79 Å². The van der Waals surface area contributed by atoms with Crippen LogP contribution in [-0.4, -0.2) is 36.9 Å². The molecule has 1 rings (SSSR count). The second kappa shape index (κ2) is 9.27. The first-order valence-electron chi connectivity index (χ1n) is 8.15. The number of rotatable bonds is 7. The van der Waals surface area contributed by atoms with Crippen LogP contribution in [0.3, 0.4) is 0 Å². The normalized spacial score (nSPS) is 12.4. The first kappa shape index (κ1) is 20.0. The van der Waals surface area contributed by atoms with E-state index in [2.05, 4.69) is 5.32 Å².